The van der Waals surface area contributed by atoms with Gasteiger partial charge in [-0.2, -0.15) is 0 Å². The van der Waals surface area contributed by atoms with Gasteiger partial charge in [0.1, 0.15) is 12.0 Å². The van der Waals surface area contributed by atoms with Crippen LogP contribution in [0.4, 0.5) is 8.78 Å². The summed E-state index contributed by atoms with van der Waals surface area (Å²) >= 11 is 0. The first-order chi connectivity index (χ1) is 7.68. The molecule has 0 spiro atoms. The third-order valence-corrected chi connectivity index (χ3v) is 3.34. The van der Waals surface area contributed by atoms with E-state index in [0.29, 0.717) is 5.56 Å². The first kappa shape index (κ1) is 11.5. The molecule has 0 radical (unpaired) electrons. The Morgan fingerprint density at radius 2 is 2.00 bits per heavy atom. The molecular formula is C13H17F2N. The van der Waals surface area contributed by atoms with Gasteiger partial charge in [-0.15, -0.1) is 0 Å². The van der Waals surface area contributed by atoms with Crippen LogP contribution in [-0.2, 0) is 0 Å². The summed E-state index contributed by atoms with van der Waals surface area (Å²) < 4.78 is 27.4. The van der Waals surface area contributed by atoms with Gasteiger partial charge in [-0.05, 0) is 62.0 Å². The standard InChI is InChI=1S/C13H17F2N/c1-9-2-3-11(14)8-12(9)13(15)10-4-6-16-7-5-10/h2-3,8,10,13,16H,4-7H2,1H3. The molecule has 0 aliphatic carbocycles. The molecule has 1 atom stereocenters. The number of nitrogens with one attached hydrogen (secondary N) is 1. The number of benzene rings is 1. The average Bonchev–Trinajstić information content (AvgIpc) is 2.32. The molecule has 2 rings (SSSR count). The van der Waals surface area contributed by atoms with Crippen molar-refractivity contribution in [3.8, 4) is 0 Å². The van der Waals surface area contributed by atoms with E-state index in [1.54, 1.807) is 6.07 Å². The Balaban J connectivity index is 2.18. The number of rotatable bonds is 2. The molecule has 88 valence electrons. The van der Waals surface area contributed by atoms with Gasteiger partial charge < -0.3 is 5.32 Å². The molecule has 1 nitrogen and oxygen atoms in total. The summed E-state index contributed by atoms with van der Waals surface area (Å²) in [6.07, 6.45) is 0.631. The lowest BCUT2D eigenvalue weighted by molar-refractivity contribution is 0.189. The minimum atomic E-state index is -1.03. The third kappa shape index (κ3) is 2.40. The van der Waals surface area contributed by atoms with Crippen LogP contribution in [0.2, 0.25) is 0 Å². The Labute approximate surface area is 94.9 Å². The van der Waals surface area contributed by atoms with Crippen LogP contribution < -0.4 is 5.32 Å². The SMILES string of the molecule is Cc1ccc(F)cc1C(F)C1CCNCC1. The van der Waals surface area contributed by atoms with Gasteiger partial charge in [-0.1, -0.05) is 6.07 Å². The highest BCUT2D eigenvalue weighted by Gasteiger charge is 2.25. The number of alkyl halides is 1. The van der Waals surface area contributed by atoms with Crippen molar-refractivity contribution in [1.29, 1.82) is 0 Å². The van der Waals surface area contributed by atoms with E-state index in [1.807, 2.05) is 6.92 Å². The highest BCUT2D eigenvalue weighted by molar-refractivity contribution is 5.29. The first-order valence-corrected chi connectivity index (χ1v) is 5.79. The summed E-state index contributed by atoms with van der Waals surface area (Å²) in [6, 6.07) is 4.37. The lowest BCUT2D eigenvalue weighted by atomic mass is 9.87. The Morgan fingerprint density at radius 3 is 2.69 bits per heavy atom. The number of hydrogen-bond donors (Lipinski definition) is 1. The van der Waals surface area contributed by atoms with Crippen LogP contribution in [0.15, 0.2) is 18.2 Å². The van der Waals surface area contributed by atoms with Crippen LogP contribution in [0.25, 0.3) is 0 Å². The van der Waals surface area contributed by atoms with Crippen molar-refractivity contribution in [3.05, 3.63) is 35.1 Å². The topological polar surface area (TPSA) is 12.0 Å². The second-order valence-electron chi connectivity index (χ2n) is 4.49. The zero-order valence-electron chi connectivity index (χ0n) is 9.47. The molecule has 0 saturated carbocycles. The van der Waals surface area contributed by atoms with E-state index in [0.717, 1.165) is 31.5 Å². The predicted octanol–water partition coefficient (Wildman–Crippen LogP) is 3.14. The molecule has 1 N–H and O–H groups in total. The molecule has 1 unspecified atom stereocenters. The van der Waals surface area contributed by atoms with Gasteiger partial charge in [0.2, 0.25) is 0 Å². The summed E-state index contributed by atoms with van der Waals surface area (Å²) in [4.78, 5) is 0. The second kappa shape index (κ2) is 4.91. The van der Waals surface area contributed by atoms with E-state index < -0.39 is 6.17 Å². The van der Waals surface area contributed by atoms with Crippen LogP contribution in [0.1, 0.15) is 30.1 Å². The maximum Gasteiger partial charge on any atom is 0.128 e. The van der Waals surface area contributed by atoms with E-state index in [1.165, 1.54) is 12.1 Å². The molecular weight excluding hydrogens is 208 g/mol. The fourth-order valence-electron chi connectivity index (χ4n) is 2.30. The second-order valence-corrected chi connectivity index (χ2v) is 4.49. The molecule has 1 aliphatic rings. The molecule has 1 aromatic rings. The van der Waals surface area contributed by atoms with Crippen LogP contribution in [0.3, 0.4) is 0 Å². The normalized spacial score (nSPS) is 19.7. The average molecular weight is 225 g/mol. The molecule has 1 aliphatic heterocycles. The molecule has 1 saturated heterocycles. The lowest BCUT2D eigenvalue weighted by Crippen LogP contribution is -2.30. The summed E-state index contributed by atoms with van der Waals surface area (Å²) in [7, 11) is 0. The summed E-state index contributed by atoms with van der Waals surface area (Å²) in [5.74, 6) is -0.320. The summed E-state index contributed by atoms with van der Waals surface area (Å²) in [6.45, 7) is 3.56. The largest absolute Gasteiger partial charge is 0.317 e. The van der Waals surface area contributed by atoms with Crippen molar-refractivity contribution >= 4 is 0 Å². The Bertz CT molecular complexity index is 359. The van der Waals surface area contributed by atoms with Gasteiger partial charge in [0.15, 0.2) is 0 Å². The minimum Gasteiger partial charge on any atom is -0.317 e. The van der Waals surface area contributed by atoms with Crippen molar-refractivity contribution in [1.82, 2.24) is 5.32 Å². The van der Waals surface area contributed by atoms with Crippen molar-refractivity contribution in [2.45, 2.75) is 25.9 Å². The van der Waals surface area contributed by atoms with Gasteiger partial charge in [-0.3, -0.25) is 0 Å². The molecule has 16 heavy (non-hydrogen) atoms. The van der Waals surface area contributed by atoms with Gasteiger partial charge in [0.05, 0.1) is 0 Å². The van der Waals surface area contributed by atoms with E-state index >= 15 is 0 Å². The molecule has 3 heteroatoms. The Morgan fingerprint density at radius 1 is 1.31 bits per heavy atom. The Kier molecular flexibility index (Phi) is 3.54. The molecule has 0 aromatic heterocycles. The quantitative estimate of drug-likeness (QED) is 0.815. The molecule has 0 bridgehead atoms. The Hall–Kier alpha value is -0.960. The van der Waals surface area contributed by atoms with Gasteiger partial charge in [-0.25, -0.2) is 8.78 Å². The number of halogens is 2. The molecule has 1 fully saturated rings. The smallest absolute Gasteiger partial charge is 0.128 e. The third-order valence-electron chi connectivity index (χ3n) is 3.34. The van der Waals surface area contributed by atoms with E-state index in [2.05, 4.69) is 5.32 Å². The van der Waals surface area contributed by atoms with Crippen molar-refractivity contribution in [2.75, 3.05) is 13.1 Å². The predicted molar refractivity (Wildman–Crippen MR) is 60.6 cm³/mol. The van der Waals surface area contributed by atoms with Gasteiger partial charge in [0.25, 0.3) is 0 Å². The van der Waals surface area contributed by atoms with Crippen molar-refractivity contribution in [3.63, 3.8) is 0 Å². The minimum absolute atomic E-state index is 0.0294. The fourth-order valence-corrected chi connectivity index (χ4v) is 2.30. The van der Waals surface area contributed by atoms with Crippen LogP contribution in [-0.4, -0.2) is 13.1 Å². The summed E-state index contributed by atoms with van der Waals surface area (Å²) in [5.41, 5.74) is 1.36. The lowest BCUT2D eigenvalue weighted by Gasteiger charge is -2.26. The monoisotopic (exact) mass is 225 g/mol. The highest BCUT2D eigenvalue weighted by Crippen LogP contribution is 2.34. The maximum atomic E-state index is 14.3. The number of hydrogen-bond acceptors (Lipinski definition) is 1. The fraction of sp³-hybridized carbons (Fsp3) is 0.538. The number of aryl methyl sites for hydroxylation is 1. The van der Waals surface area contributed by atoms with Crippen LogP contribution in [0.5, 0.6) is 0 Å². The molecule has 1 aromatic carbocycles. The molecule has 1 heterocycles. The van der Waals surface area contributed by atoms with Crippen LogP contribution in [0, 0.1) is 18.7 Å². The van der Waals surface area contributed by atoms with Crippen molar-refractivity contribution in [2.24, 2.45) is 5.92 Å². The number of piperidine rings is 1. The highest BCUT2D eigenvalue weighted by atomic mass is 19.1. The van der Waals surface area contributed by atoms with E-state index in [4.69, 9.17) is 0 Å². The van der Waals surface area contributed by atoms with Gasteiger partial charge in [0, 0.05) is 0 Å². The van der Waals surface area contributed by atoms with Gasteiger partial charge >= 0.3 is 0 Å². The molecule has 0 amide bonds. The van der Waals surface area contributed by atoms with Crippen LogP contribution >= 0.6 is 0 Å². The zero-order chi connectivity index (χ0) is 11.5. The maximum absolute atomic E-state index is 14.3. The van der Waals surface area contributed by atoms with E-state index in [-0.39, 0.29) is 11.7 Å². The summed E-state index contributed by atoms with van der Waals surface area (Å²) in [5, 5.41) is 3.21. The zero-order valence-corrected chi connectivity index (χ0v) is 9.47. The first-order valence-electron chi connectivity index (χ1n) is 5.79. The van der Waals surface area contributed by atoms with E-state index in [9.17, 15) is 8.78 Å². The van der Waals surface area contributed by atoms with Crippen molar-refractivity contribution < 1.29 is 8.78 Å².